The number of alkyl halides is 3. The minimum absolute atomic E-state index is 0.0505. The molecule has 2 aromatic carbocycles. The summed E-state index contributed by atoms with van der Waals surface area (Å²) >= 11 is 0. The van der Waals surface area contributed by atoms with E-state index in [9.17, 15) is 18.0 Å². The van der Waals surface area contributed by atoms with E-state index < -0.39 is 17.6 Å². The van der Waals surface area contributed by atoms with E-state index in [4.69, 9.17) is 4.74 Å². The summed E-state index contributed by atoms with van der Waals surface area (Å²) in [5, 5.41) is 0. The Morgan fingerprint density at radius 1 is 1.10 bits per heavy atom. The molecular formula is C22H17F3N2O2. The molecule has 0 bridgehead atoms. The van der Waals surface area contributed by atoms with Crippen molar-refractivity contribution in [3.8, 4) is 11.5 Å². The number of anilines is 1. The Morgan fingerprint density at radius 2 is 1.86 bits per heavy atom. The molecule has 0 saturated carbocycles. The molecule has 29 heavy (non-hydrogen) atoms. The minimum Gasteiger partial charge on any atom is -0.457 e. The molecule has 148 valence electrons. The van der Waals surface area contributed by atoms with E-state index in [-0.39, 0.29) is 23.7 Å². The lowest BCUT2D eigenvalue weighted by Crippen LogP contribution is -2.29. The third-order valence-corrected chi connectivity index (χ3v) is 4.06. The van der Waals surface area contributed by atoms with Gasteiger partial charge < -0.3 is 9.64 Å². The van der Waals surface area contributed by atoms with Crippen LogP contribution in [0.4, 0.5) is 18.9 Å². The predicted molar refractivity (Wildman–Crippen MR) is 104 cm³/mol. The van der Waals surface area contributed by atoms with Gasteiger partial charge in [0.1, 0.15) is 17.1 Å². The zero-order chi connectivity index (χ0) is 20.9. The Balaban J connectivity index is 2.00. The molecule has 4 nitrogen and oxygen atoms in total. The van der Waals surface area contributed by atoms with Crippen LogP contribution in [0.1, 0.15) is 11.1 Å². The highest BCUT2D eigenvalue weighted by Crippen LogP contribution is 2.40. The first kappa shape index (κ1) is 20.1. The number of rotatable bonds is 6. The summed E-state index contributed by atoms with van der Waals surface area (Å²) < 4.78 is 46.5. The molecule has 1 aromatic heterocycles. The molecule has 0 aliphatic rings. The average molecular weight is 398 g/mol. The van der Waals surface area contributed by atoms with Crippen LogP contribution in [-0.2, 0) is 17.5 Å². The van der Waals surface area contributed by atoms with Crippen molar-refractivity contribution in [2.45, 2.75) is 12.7 Å². The summed E-state index contributed by atoms with van der Waals surface area (Å²) in [6, 6.07) is 15.1. The van der Waals surface area contributed by atoms with Crippen LogP contribution in [-0.4, -0.2) is 10.9 Å². The second-order valence-corrected chi connectivity index (χ2v) is 6.08. The van der Waals surface area contributed by atoms with Crippen molar-refractivity contribution in [1.29, 1.82) is 0 Å². The Hall–Kier alpha value is -3.61. The maximum absolute atomic E-state index is 13.7. The molecule has 0 atom stereocenters. The van der Waals surface area contributed by atoms with Crippen LogP contribution in [0.5, 0.6) is 11.5 Å². The first-order valence-corrected chi connectivity index (χ1v) is 8.65. The largest absolute Gasteiger partial charge is 0.457 e. The fourth-order valence-electron chi connectivity index (χ4n) is 2.69. The zero-order valence-electron chi connectivity index (χ0n) is 15.3. The summed E-state index contributed by atoms with van der Waals surface area (Å²) in [5.74, 6) is -0.598. The molecule has 0 aliphatic carbocycles. The van der Waals surface area contributed by atoms with Crippen LogP contribution in [0.25, 0.3) is 0 Å². The Labute approximate surface area is 165 Å². The van der Waals surface area contributed by atoms with Gasteiger partial charge in [-0.05, 0) is 48.0 Å². The molecule has 0 saturated heterocycles. The zero-order valence-corrected chi connectivity index (χ0v) is 15.3. The first-order chi connectivity index (χ1) is 13.9. The number of benzene rings is 2. The Kier molecular flexibility index (Phi) is 5.97. The third kappa shape index (κ3) is 5.01. The molecule has 3 aromatic rings. The van der Waals surface area contributed by atoms with E-state index in [1.165, 1.54) is 17.0 Å². The molecule has 3 rings (SSSR count). The number of aromatic nitrogens is 1. The van der Waals surface area contributed by atoms with E-state index in [2.05, 4.69) is 11.6 Å². The number of hydrogen-bond acceptors (Lipinski definition) is 3. The lowest BCUT2D eigenvalue weighted by Gasteiger charge is -2.23. The Bertz CT molecular complexity index is 990. The number of nitrogens with zero attached hydrogens (tertiary/aromatic N) is 2. The highest BCUT2D eigenvalue weighted by molar-refractivity contribution is 6.01. The molecule has 1 heterocycles. The van der Waals surface area contributed by atoms with Crippen LogP contribution in [0, 0.1) is 0 Å². The van der Waals surface area contributed by atoms with Crippen molar-refractivity contribution in [3.05, 3.63) is 96.8 Å². The summed E-state index contributed by atoms with van der Waals surface area (Å²) in [5.41, 5.74) is -0.237. The third-order valence-electron chi connectivity index (χ3n) is 4.06. The summed E-state index contributed by atoms with van der Waals surface area (Å²) in [6.07, 6.45) is -0.503. The van der Waals surface area contributed by atoms with Crippen molar-refractivity contribution in [3.63, 3.8) is 0 Å². The van der Waals surface area contributed by atoms with Crippen LogP contribution in [0.3, 0.4) is 0 Å². The van der Waals surface area contributed by atoms with Crippen LogP contribution < -0.4 is 9.64 Å². The monoisotopic (exact) mass is 398 g/mol. The van der Waals surface area contributed by atoms with Gasteiger partial charge in [-0.15, -0.1) is 0 Å². The normalized spacial score (nSPS) is 11.0. The summed E-state index contributed by atoms with van der Waals surface area (Å²) in [4.78, 5) is 17.5. The molecule has 7 heteroatoms. The number of ether oxygens (including phenoxy) is 1. The molecule has 0 unspecified atom stereocenters. The van der Waals surface area contributed by atoms with Gasteiger partial charge in [-0.25, -0.2) is 0 Å². The highest BCUT2D eigenvalue weighted by atomic mass is 19.4. The molecule has 0 spiro atoms. The predicted octanol–water partition coefficient (Wildman–Crippen LogP) is 5.61. The van der Waals surface area contributed by atoms with E-state index in [1.54, 1.807) is 54.9 Å². The average Bonchev–Trinajstić information content (AvgIpc) is 2.72. The van der Waals surface area contributed by atoms with Gasteiger partial charge in [0.15, 0.2) is 0 Å². The Morgan fingerprint density at radius 3 is 2.48 bits per heavy atom. The molecular weight excluding hydrogens is 381 g/mol. The first-order valence-electron chi connectivity index (χ1n) is 8.65. The maximum atomic E-state index is 13.7. The lowest BCUT2D eigenvalue weighted by molar-refractivity contribution is -0.138. The van der Waals surface area contributed by atoms with Crippen molar-refractivity contribution < 1.29 is 22.7 Å². The maximum Gasteiger partial charge on any atom is 0.420 e. The molecule has 1 amide bonds. The topological polar surface area (TPSA) is 42.4 Å². The number of halogens is 3. The molecule has 0 N–H and O–H groups in total. The number of para-hydroxylation sites is 1. The number of hydrogen-bond donors (Lipinski definition) is 0. The smallest absolute Gasteiger partial charge is 0.420 e. The van der Waals surface area contributed by atoms with Crippen LogP contribution >= 0.6 is 0 Å². The van der Waals surface area contributed by atoms with Crippen molar-refractivity contribution in [2.75, 3.05) is 4.90 Å². The van der Waals surface area contributed by atoms with Gasteiger partial charge in [-0.1, -0.05) is 30.8 Å². The SMILES string of the molecule is C=CC(=O)N(Cc1cccnc1)c1ccc(Oc2ccccc2)c(C(F)(F)F)c1. The van der Waals surface area contributed by atoms with Crippen LogP contribution in [0.2, 0.25) is 0 Å². The number of pyridine rings is 1. The number of carbonyl (C=O) groups is 1. The van der Waals surface area contributed by atoms with Gasteiger partial charge >= 0.3 is 6.18 Å². The second-order valence-electron chi connectivity index (χ2n) is 6.08. The van der Waals surface area contributed by atoms with Gasteiger partial charge in [-0.2, -0.15) is 13.2 Å². The number of carbonyl (C=O) groups excluding carboxylic acids is 1. The van der Waals surface area contributed by atoms with Crippen molar-refractivity contribution >= 4 is 11.6 Å². The minimum atomic E-state index is -4.67. The van der Waals surface area contributed by atoms with Crippen LogP contribution in [0.15, 0.2) is 85.7 Å². The fourth-order valence-corrected chi connectivity index (χ4v) is 2.69. The number of amides is 1. The van der Waals surface area contributed by atoms with Gasteiger partial charge in [0, 0.05) is 18.1 Å². The summed E-state index contributed by atoms with van der Waals surface area (Å²) in [7, 11) is 0. The van der Waals surface area contributed by atoms with E-state index in [1.807, 2.05) is 0 Å². The van der Waals surface area contributed by atoms with E-state index in [0.29, 0.717) is 5.56 Å². The van der Waals surface area contributed by atoms with Gasteiger partial charge in [-0.3, -0.25) is 9.78 Å². The van der Waals surface area contributed by atoms with E-state index in [0.717, 1.165) is 12.1 Å². The molecule has 0 aliphatic heterocycles. The molecule has 0 fully saturated rings. The second kappa shape index (κ2) is 8.60. The standard InChI is InChI=1S/C22H17F3N2O2/c1-2-21(28)27(15-16-7-6-12-26-14-16)17-10-11-20(19(13-17)22(23,24)25)29-18-8-4-3-5-9-18/h2-14H,1,15H2. The lowest BCUT2D eigenvalue weighted by atomic mass is 10.1. The van der Waals surface area contributed by atoms with E-state index >= 15 is 0 Å². The quantitative estimate of drug-likeness (QED) is 0.507. The highest BCUT2D eigenvalue weighted by Gasteiger charge is 2.35. The molecule has 0 radical (unpaired) electrons. The van der Waals surface area contributed by atoms with Crippen molar-refractivity contribution in [1.82, 2.24) is 4.98 Å². The fraction of sp³-hybridized carbons (Fsp3) is 0.0909. The van der Waals surface area contributed by atoms with Crippen molar-refractivity contribution in [2.24, 2.45) is 0 Å². The summed E-state index contributed by atoms with van der Waals surface area (Å²) in [6.45, 7) is 3.49. The van der Waals surface area contributed by atoms with Gasteiger partial charge in [0.25, 0.3) is 5.91 Å². The van der Waals surface area contributed by atoms with Gasteiger partial charge in [0.05, 0.1) is 6.54 Å². The van der Waals surface area contributed by atoms with Gasteiger partial charge in [0.2, 0.25) is 0 Å².